The number of rotatable bonds is 14. The van der Waals surface area contributed by atoms with E-state index >= 15 is 0 Å². The summed E-state index contributed by atoms with van der Waals surface area (Å²) in [5.41, 5.74) is 0. The van der Waals surface area contributed by atoms with Crippen LogP contribution < -0.4 is 0 Å². The first kappa shape index (κ1) is 22.9. The summed E-state index contributed by atoms with van der Waals surface area (Å²) < 4.78 is 4.49. The highest BCUT2D eigenvalue weighted by Crippen LogP contribution is 2.08. The second-order valence-electron chi connectivity index (χ2n) is 5.76. The third-order valence-corrected chi connectivity index (χ3v) is 3.54. The van der Waals surface area contributed by atoms with E-state index in [4.69, 9.17) is 0 Å². The van der Waals surface area contributed by atoms with Gasteiger partial charge in [0.2, 0.25) is 0 Å². The van der Waals surface area contributed by atoms with E-state index in [1.165, 1.54) is 64.6 Å². The Hall–Kier alpha value is -2.09. The van der Waals surface area contributed by atoms with Crippen molar-refractivity contribution in [3.63, 3.8) is 0 Å². The lowest BCUT2D eigenvalue weighted by Crippen LogP contribution is -1.92. The molecule has 0 unspecified atom stereocenters. The van der Waals surface area contributed by atoms with E-state index in [-0.39, 0.29) is 5.97 Å². The van der Waals surface area contributed by atoms with Gasteiger partial charge < -0.3 is 4.74 Å². The standard InChI is InChI=1S/C23H34O2/c1-3-4-5-6-7-8-9-10-11-12-13-14-15-16-17-18-19-20-21-22-23(24)25-2/h11-22H,3-10H2,1-2H3. The van der Waals surface area contributed by atoms with Gasteiger partial charge in [0.05, 0.1) is 7.11 Å². The number of methoxy groups -OCH3 is 1. The van der Waals surface area contributed by atoms with Gasteiger partial charge in [-0.15, -0.1) is 0 Å². The summed E-state index contributed by atoms with van der Waals surface area (Å²) in [6.45, 7) is 2.26. The second-order valence-corrected chi connectivity index (χ2v) is 5.76. The zero-order valence-electron chi connectivity index (χ0n) is 15.9. The average molecular weight is 343 g/mol. The van der Waals surface area contributed by atoms with Gasteiger partial charge in [0, 0.05) is 6.08 Å². The van der Waals surface area contributed by atoms with Crippen molar-refractivity contribution in [2.24, 2.45) is 0 Å². The molecule has 0 N–H and O–H groups in total. The lowest BCUT2D eigenvalue weighted by molar-refractivity contribution is -0.134. The minimum atomic E-state index is -0.348. The Morgan fingerprint density at radius 3 is 1.72 bits per heavy atom. The largest absolute Gasteiger partial charge is 0.466 e. The SMILES string of the molecule is CCCCCCCCCC=CC=CC=CC=CC=CC=CC(=O)OC. The van der Waals surface area contributed by atoms with Gasteiger partial charge in [0.25, 0.3) is 0 Å². The van der Waals surface area contributed by atoms with Gasteiger partial charge in [-0.25, -0.2) is 4.79 Å². The summed E-state index contributed by atoms with van der Waals surface area (Å²) >= 11 is 0. The molecule has 0 saturated carbocycles. The molecule has 0 atom stereocenters. The minimum absolute atomic E-state index is 0.348. The first-order chi connectivity index (χ1) is 12.3. The molecule has 0 rings (SSSR count). The van der Waals surface area contributed by atoms with Crippen molar-refractivity contribution < 1.29 is 9.53 Å². The quantitative estimate of drug-likeness (QED) is 0.153. The normalized spacial score (nSPS) is 12.9. The highest BCUT2D eigenvalue weighted by atomic mass is 16.5. The predicted octanol–water partition coefficient (Wildman–Crippen LogP) is 6.64. The first-order valence-electron chi connectivity index (χ1n) is 9.39. The van der Waals surface area contributed by atoms with Gasteiger partial charge in [-0.05, 0) is 12.8 Å². The fraction of sp³-hybridized carbons (Fsp3) is 0.435. The average Bonchev–Trinajstić information content (AvgIpc) is 2.63. The summed E-state index contributed by atoms with van der Waals surface area (Å²) in [4.78, 5) is 10.8. The maximum absolute atomic E-state index is 10.8. The molecule has 0 aliphatic rings. The Morgan fingerprint density at radius 1 is 0.680 bits per heavy atom. The molecular weight excluding hydrogens is 308 g/mol. The van der Waals surface area contributed by atoms with Crippen LogP contribution in [0.25, 0.3) is 0 Å². The molecule has 0 bridgehead atoms. The fourth-order valence-corrected chi connectivity index (χ4v) is 2.11. The molecule has 0 fully saturated rings. The molecule has 0 aromatic carbocycles. The van der Waals surface area contributed by atoms with Crippen molar-refractivity contribution in [2.75, 3.05) is 7.11 Å². The molecule has 2 heteroatoms. The number of hydrogen-bond acceptors (Lipinski definition) is 2. The molecule has 0 aliphatic carbocycles. The predicted molar refractivity (Wildman–Crippen MR) is 109 cm³/mol. The second kappa shape index (κ2) is 20.0. The van der Waals surface area contributed by atoms with E-state index in [0.29, 0.717) is 0 Å². The molecule has 0 amide bonds. The zero-order chi connectivity index (χ0) is 18.4. The molecule has 0 aromatic heterocycles. The Kier molecular flexibility index (Phi) is 18.3. The van der Waals surface area contributed by atoms with Crippen molar-refractivity contribution in [3.8, 4) is 0 Å². The zero-order valence-corrected chi connectivity index (χ0v) is 15.9. The lowest BCUT2D eigenvalue weighted by atomic mass is 10.1. The Morgan fingerprint density at radius 2 is 1.16 bits per heavy atom. The maximum atomic E-state index is 10.8. The third-order valence-electron chi connectivity index (χ3n) is 3.54. The number of ether oxygens (including phenoxy) is 1. The van der Waals surface area contributed by atoms with Gasteiger partial charge in [-0.1, -0.05) is 112 Å². The van der Waals surface area contributed by atoms with E-state index in [0.717, 1.165) is 0 Å². The summed E-state index contributed by atoms with van der Waals surface area (Å²) in [6, 6.07) is 0. The summed E-state index contributed by atoms with van der Waals surface area (Å²) in [5.74, 6) is -0.348. The Balaban J connectivity index is 3.61. The van der Waals surface area contributed by atoms with Crippen molar-refractivity contribution in [1.29, 1.82) is 0 Å². The van der Waals surface area contributed by atoms with Crippen LogP contribution in [0.4, 0.5) is 0 Å². The highest BCUT2D eigenvalue weighted by Gasteiger charge is 1.88. The number of hydrogen-bond donors (Lipinski definition) is 0. The smallest absolute Gasteiger partial charge is 0.330 e. The molecule has 0 radical (unpaired) electrons. The molecular formula is C23H34O2. The van der Waals surface area contributed by atoms with Crippen molar-refractivity contribution in [1.82, 2.24) is 0 Å². The minimum Gasteiger partial charge on any atom is -0.466 e. The van der Waals surface area contributed by atoms with Crippen LogP contribution in [0.5, 0.6) is 0 Å². The van der Waals surface area contributed by atoms with Crippen molar-refractivity contribution in [3.05, 3.63) is 72.9 Å². The third kappa shape index (κ3) is 19.9. The maximum Gasteiger partial charge on any atom is 0.330 e. The van der Waals surface area contributed by atoms with Crippen LogP contribution in [0.2, 0.25) is 0 Å². The molecule has 0 heterocycles. The highest BCUT2D eigenvalue weighted by molar-refractivity contribution is 5.82. The number of carbonyl (C=O) groups is 1. The van der Waals surface area contributed by atoms with E-state index in [2.05, 4.69) is 29.9 Å². The van der Waals surface area contributed by atoms with Gasteiger partial charge in [-0.2, -0.15) is 0 Å². The van der Waals surface area contributed by atoms with Crippen LogP contribution in [0.1, 0.15) is 58.3 Å². The molecule has 0 aromatic rings. The van der Waals surface area contributed by atoms with Crippen molar-refractivity contribution >= 4 is 5.97 Å². The Labute approximate surface area is 154 Å². The molecule has 138 valence electrons. The molecule has 2 nitrogen and oxygen atoms in total. The fourth-order valence-electron chi connectivity index (χ4n) is 2.11. The number of allylic oxidation sites excluding steroid dienone is 11. The van der Waals surface area contributed by atoms with E-state index in [1.54, 1.807) is 12.2 Å². The summed E-state index contributed by atoms with van der Waals surface area (Å²) in [7, 11) is 1.36. The van der Waals surface area contributed by atoms with Gasteiger partial charge in [-0.3, -0.25) is 0 Å². The topological polar surface area (TPSA) is 26.3 Å². The van der Waals surface area contributed by atoms with Crippen LogP contribution in [-0.4, -0.2) is 13.1 Å². The van der Waals surface area contributed by atoms with Gasteiger partial charge in [0.1, 0.15) is 0 Å². The molecule has 25 heavy (non-hydrogen) atoms. The van der Waals surface area contributed by atoms with Gasteiger partial charge in [0.15, 0.2) is 0 Å². The van der Waals surface area contributed by atoms with E-state index < -0.39 is 0 Å². The Bertz CT molecular complexity index is 476. The summed E-state index contributed by atoms with van der Waals surface area (Å²) in [5, 5.41) is 0. The van der Waals surface area contributed by atoms with E-state index in [1.807, 2.05) is 36.5 Å². The molecule has 0 spiro atoms. The van der Waals surface area contributed by atoms with Gasteiger partial charge >= 0.3 is 5.97 Å². The number of esters is 1. The van der Waals surface area contributed by atoms with Crippen LogP contribution in [0, 0.1) is 0 Å². The molecule has 0 aliphatic heterocycles. The number of unbranched alkanes of at least 4 members (excludes halogenated alkanes) is 7. The van der Waals surface area contributed by atoms with Crippen molar-refractivity contribution in [2.45, 2.75) is 58.3 Å². The van der Waals surface area contributed by atoms with E-state index in [9.17, 15) is 4.79 Å². The van der Waals surface area contributed by atoms with Crippen LogP contribution in [0.3, 0.4) is 0 Å². The van der Waals surface area contributed by atoms with Crippen LogP contribution in [0.15, 0.2) is 72.9 Å². The molecule has 0 saturated heterocycles. The van der Waals surface area contributed by atoms with Crippen LogP contribution >= 0.6 is 0 Å². The summed E-state index contributed by atoms with van der Waals surface area (Å²) in [6.07, 6.45) is 33.6. The van der Waals surface area contributed by atoms with Crippen LogP contribution in [-0.2, 0) is 9.53 Å². The number of carbonyl (C=O) groups excluding carboxylic acids is 1. The lowest BCUT2D eigenvalue weighted by Gasteiger charge is -1.98. The first-order valence-corrected chi connectivity index (χ1v) is 9.39. The monoisotopic (exact) mass is 342 g/mol.